The molecule has 25 heavy (non-hydrogen) atoms. The largest absolute Gasteiger partial charge is 0.464 e. The zero-order valence-electron chi connectivity index (χ0n) is 13.5. The van der Waals surface area contributed by atoms with Crippen molar-refractivity contribution in [1.82, 2.24) is 0 Å². The number of carbonyl (C=O) groups is 1. The molecule has 6 heteroatoms. The summed E-state index contributed by atoms with van der Waals surface area (Å²) in [5, 5.41) is 14.5. The van der Waals surface area contributed by atoms with Crippen LogP contribution >= 0.6 is 0 Å². The van der Waals surface area contributed by atoms with Crippen LogP contribution in [0, 0.1) is 10.1 Å². The molecule has 0 radical (unpaired) electrons. The minimum Gasteiger partial charge on any atom is -0.464 e. The summed E-state index contributed by atoms with van der Waals surface area (Å²) < 4.78 is 5.61. The third kappa shape index (κ3) is 2.98. The molecule has 2 aromatic carbocycles. The van der Waals surface area contributed by atoms with Crippen LogP contribution in [0.1, 0.15) is 23.1 Å². The molecule has 0 spiro atoms. The number of aryl methyl sites for hydroxylation is 2. The average Bonchev–Trinajstić information content (AvgIpc) is 3.19. The lowest BCUT2D eigenvalue weighted by atomic mass is 10.0. The fraction of sp³-hybridized carbons (Fsp3) is 0.211. The molecule has 1 amide bonds. The molecule has 1 aromatic heterocycles. The highest BCUT2D eigenvalue weighted by Gasteiger charge is 2.17. The molecule has 4 rings (SSSR count). The molecular weight excluding hydrogens is 320 g/mol. The fourth-order valence-electron chi connectivity index (χ4n) is 3.36. The summed E-state index contributed by atoms with van der Waals surface area (Å²) in [6.07, 6.45) is 5.08. The number of hydrogen-bond acceptors (Lipinski definition) is 4. The molecule has 0 saturated heterocycles. The van der Waals surface area contributed by atoms with E-state index in [9.17, 15) is 14.9 Å². The number of nitrogens with one attached hydrogen (secondary N) is 1. The van der Waals surface area contributed by atoms with Crippen LogP contribution in [0.15, 0.2) is 47.1 Å². The van der Waals surface area contributed by atoms with Crippen molar-refractivity contribution in [2.75, 3.05) is 5.32 Å². The number of amides is 1. The summed E-state index contributed by atoms with van der Waals surface area (Å²) in [5.74, 6) is -0.233. The van der Waals surface area contributed by atoms with E-state index in [-0.39, 0.29) is 18.0 Å². The van der Waals surface area contributed by atoms with Gasteiger partial charge < -0.3 is 9.73 Å². The normalized spacial score (nSPS) is 13.0. The van der Waals surface area contributed by atoms with E-state index in [0.29, 0.717) is 5.69 Å². The van der Waals surface area contributed by atoms with E-state index < -0.39 is 4.92 Å². The molecule has 0 bridgehead atoms. The van der Waals surface area contributed by atoms with E-state index >= 15 is 0 Å². The predicted molar refractivity (Wildman–Crippen MR) is 93.7 cm³/mol. The number of benzene rings is 2. The SMILES string of the molecule is O=C(Cc1coc2cc3c(cc12)CCC3)Nc1cccc([N+](=O)[O-])c1. The van der Waals surface area contributed by atoms with Crippen molar-refractivity contribution in [3.05, 3.63) is 69.5 Å². The van der Waals surface area contributed by atoms with Crippen LogP contribution in [0.25, 0.3) is 11.0 Å². The monoisotopic (exact) mass is 336 g/mol. The van der Waals surface area contributed by atoms with Crippen LogP contribution in [0.5, 0.6) is 0 Å². The van der Waals surface area contributed by atoms with E-state index in [1.807, 2.05) is 0 Å². The summed E-state index contributed by atoms with van der Waals surface area (Å²) in [7, 11) is 0. The predicted octanol–water partition coefficient (Wildman–Crippen LogP) is 4.01. The Hall–Kier alpha value is -3.15. The minimum absolute atomic E-state index is 0.0536. The Morgan fingerprint density at radius 1 is 1.20 bits per heavy atom. The Kier molecular flexibility index (Phi) is 3.72. The Bertz CT molecular complexity index is 990. The van der Waals surface area contributed by atoms with Crippen molar-refractivity contribution in [1.29, 1.82) is 0 Å². The molecule has 0 unspecified atom stereocenters. The van der Waals surface area contributed by atoms with Gasteiger partial charge in [0.15, 0.2) is 0 Å². The first kappa shape index (κ1) is 15.4. The Morgan fingerprint density at radius 3 is 2.80 bits per heavy atom. The molecule has 1 heterocycles. The third-order valence-electron chi connectivity index (χ3n) is 4.56. The minimum atomic E-state index is -0.486. The first-order valence-corrected chi connectivity index (χ1v) is 8.16. The van der Waals surface area contributed by atoms with Gasteiger partial charge in [0, 0.05) is 28.8 Å². The number of carbonyl (C=O) groups excluding carboxylic acids is 1. The molecule has 6 nitrogen and oxygen atoms in total. The van der Waals surface area contributed by atoms with E-state index in [2.05, 4.69) is 17.4 Å². The van der Waals surface area contributed by atoms with Crippen LogP contribution < -0.4 is 5.32 Å². The smallest absolute Gasteiger partial charge is 0.271 e. The summed E-state index contributed by atoms with van der Waals surface area (Å²) in [6.45, 7) is 0. The van der Waals surface area contributed by atoms with Crippen LogP contribution in [0.4, 0.5) is 11.4 Å². The lowest BCUT2D eigenvalue weighted by Gasteiger charge is -2.05. The second-order valence-corrected chi connectivity index (χ2v) is 6.26. The molecule has 0 fully saturated rings. The van der Waals surface area contributed by atoms with Gasteiger partial charge in [-0.1, -0.05) is 6.07 Å². The Labute approximate surface area is 143 Å². The number of nitrogens with zero attached hydrogens (tertiary/aromatic N) is 1. The number of rotatable bonds is 4. The highest BCUT2D eigenvalue weighted by atomic mass is 16.6. The maximum Gasteiger partial charge on any atom is 0.271 e. The zero-order chi connectivity index (χ0) is 17.4. The Balaban J connectivity index is 1.54. The van der Waals surface area contributed by atoms with Crippen molar-refractivity contribution in [2.45, 2.75) is 25.7 Å². The van der Waals surface area contributed by atoms with Crippen molar-refractivity contribution in [3.63, 3.8) is 0 Å². The maximum absolute atomic E-state index is 12.3. The number of nitro benzene ring substituents is 1. The van der Waals surface area contributed by atoms with Crippen LogP contribution in [0.3, 0.4) is 0 Å². The lowest BCUT2D eigenvalue weighted by Crippen LogP contribution is -2.14. The van der Waals surface area contributed by atoms with Gasteiger partial charge in [-0.25, -0.2) is 0 Å². The van der Waals surface area contributed by atoms with Crippen molar-refractivity contribution < 1.29 is 14.1 Å². The summed E-state index contributed by atoms with van der Waals surface area (Å²) in [6, 6.07) is 10.1. The first-order chi connectivity index (χ1) is 12.1. The number of furan rings is 1. The van der Waals surface area contributed by atoms with E-state index in [1.54, 1.807) is 18.4 Å². The first-order valence-electron chi connectivity index (χ1n) is 8.16. The second-order valence-electron chi connectivity index (χ2n) is 6.26. The second kappa shape index (κ2) is 6.05. The number of nitro groups is 1. The summed E-state index contributed by atoms with van der Waals surface area (Å²) in [4.78, 5) is 22.6. The van der Waals surface area contributed by atoms with E-state index in [1.165, 1.54) is 23.3 Å². The van der Waals surface area contributed by atoms with E-state index in [4.69, 9.17) is 4.42 Å². The summed E-state index contributed by atoms with van der Waals surface area (Å²) >= 11 is 0. The topological polar surface area (TPSA) is 85.4 Å². The number of anilines is 1. The van der Waals surface area contributed by atoms with Crippen molar-refractivity contribution in [3.8, 4) is 0 Å². The lowest BCUT2D eigenvalue weighted by molar-refractivity contribution is -0.384. The fourth-order valence-corrected chi connectivity index (χ4v) is 3.36. The highest BCUT2D eigenvalue weighted by molar-refractivity contribution is 5.95. The van der Waals surface area contributed by atoms with E-state index in [0.717, 1.165) is 35.8 Å². The highest BCUT2D eigenvalue weighted by Crippen LogP contribution is 2.30. The van der Waals surface area contributed by atoms with Gasteiger partial charge in [0.1, 0.15) is 5.58 Å². The third-order valence-corrected chi connectivity index (χ3v) is 4.56. The van der Waals surface area contributed by atoms with Gasteiger partial charge >= 0.3 is 0 Å². The standard InChI is InChI=1S/C19H16N2O4/c22-19(20-15-5-2-6-16(10-15)21(23)24)9-14-11-25-18-8-13-4-1-3-12(13)7-17(14)18/h2,5-8,10-11H,1,3-4,9H2,(H,20,22). The Morgan fingerprint density at radius 2 is 2.00 bits per heavy atom. The van der Waals surface area contributed by atoms with Crippen LogP contribution in [-0.2, 0) is 24.1 Å². The van der Waals surface area contributed by atoms with Gasteiger partial charge in [0.25, 0.3) is 5.69 Å². The van der Waals surface area contributed by atoms with Crippen molar-refractivity contribution in [2.24, 2.45) is 0 Å². The quantitative estimate of drug-likeness (QED) is 0.576. The maximum atomic E-state index is 12.3. The molecular formula is C19H16N2O4. The number of hydrogen-bond donors (Lipinski definition) is 1. The number of non-ortho nitro benzene ring substituents is 1. The van der Waals surface area contributed by atoms with Gasteiger partial charge in [0.05, 0.1) is 17.6 Å². The molecule has 1 aliphatic carbocycles. The van der Waals surface area contributed by atoms with Crippen LogP contribution in [0.2, 0.25) is 0 Å². The molecule has 0 saturated carbocycles. The van der Waals surface area contributed by atoms with Crippen molar-refractivity contribution >= 4 is 28.3 Å². The van der Waals surface area contributed by atoms with Crippen LogP contribution in [-0.4, -0.2) is 10.8 Å². The number of fused-ring (bicyclic) bond motifs is 2. The molecule has 1 N–H and O–H groups in total. The summed E-state index contributed by atoms with van der Waals surface area (Å²) in [5.41, 5.74) is 4.64. The zero-order valence-corrected chi connectivity index (χ0v) is 13.5. The van der Waals surface area contributed by atoms with Gasteiger partial charge in [-0.05, 0) is 48.6 Å². The van der Waals surface area contributed by atoms with Gasteiger partial charge in [-0.2, -0.15) is 0 Å². The van der Waals surface area contributed by atoms with Gasteiger partial charge in [-0.3, -0.25) is 14.9 Å². The molecule has 126 valence electrons. The molecule has 0 atom stereocenters. The molecule has 1 aliphatic rings. The average molecular weight is 336 g/mol. The van der Waals surface area contributed by atoms with Gasteiger partial charge in [-0.15, -0.1) is 0 Å². The molecule has 0 aliphatic heterocycles. The molecule has 3 aromatic rings. The van der Waals surface area contributed by atoms with Gasteiger partial charge in [0.2, 0.25) is 5.91 Å².